The van der Waals surface area contributed by atoms with Crippen LogP contribution in [-0.2, 0) is 14.3 Å². The first-order valence-corrected chi connectivity index (χ1v) is 11.7. The number of halogens is 1. The molecule has 0 aromatic heterocycles. The number of hydrogen-bond acceptors (Lipinski definition) is 4. The summed E-state index contributed by atoms with van der Waals surface area (Å²) in [5.74, 6) is -1.51. The SMILES string of the molecule is O=C(O)CN(C(=O)CCCNC(=O)OCC1c2ccccc2-c2ccccc21)c1ccc(Cl)cc1. The van der Waals surface area contributed by atoms with Crippen LogP contribution in [0.15, 0.2) is 72.8 Å². The van der Waals surface area contributed by atoms with Crippen LogP contribution in [0.4, 0.5) is 10.5 Å². The molecule has 3 aromatic rings. The molecule has 0 heterocycles. The summed E-state index contributed by atoms with van der Waals surface area (Å²) in [4.78, 5) is 37.3. The molecule has 2 amide bonds. The molecule has 0 unspecified atom stereocenters. The number of carboxylic acids is 1. The van der Waals surface area contributed by atoms with Gasteiger partial charge in [0, 0.05) is 29.6 Å². The van der Waals surface area contributed by atoms with E-state index in [2.05, 4.69) is 29.6 Å². The number of nitrogens with one attached hydrogen (secondary N) is 1. The number of hydrogen-bond donors (Lipinski definition) is 2. The number of anilines is 1. The molecular formula is C27H25ClN2O5. The molecule has 3 aromatic carbocycles. The van der Waals surface area contributed by atoms with Gasteiger partial charge < -0.3 is 20.1 Å². The van der Waals surface area contributed by atoms with Crippen molar-refractivity contribution in [3.63, 3.8) is 0 Å². The minimum absolute atomic E-state index is 0.0290. The fourth-order valence-electron chi connectivity index (χ4n) is 4.29. The minimum Gasteiger partial charge on any atom is -0.480 e. The van der Waals surface area contributed by atoms with E-state index in [0.29, 0.717) is 17.1 Å². The van der Waals surface area contributed by atoms with E-state index < -0.39 is 18.6 Å². The highest BCUT2D eigenvalue weighted by molar-refractivity contribution is 6.30. The van der Waals surface area contributed by atoms with Gasteiger partial charge in [-0.3, -0.25) is 9.59 Å². The van der Waals surface area contributed by atoms with Crippen molar-refractivity contribution in [1.29, 1.82) is 0 Å². The number of aliphatic carboxylic acids is 1. The number of nitrogens with zero attached hydrogens (tertiary/aromatic N) is 1. The zero-order valence-corrected chi connectivity index (χ0v) is 19.7. The average molecular weight is 493 g/mol. The second-order valence-corrected chi connectivity index (χ2v) is 8.64. The first-order chi connectivity index (χ1) is 16.9. The molecule has 0 bridgehead atoms. The van der Waals surface area contributed by atoms with Gasteiger partial charge in [-0.05, 0) is 52.9 Å². The fraction of sp³-hybridized carbons (Fsp3) is 0.222. The van der Waals surface area contributed by atoms with E-state index >= 15 is 0 Å². The molecule has 4 rings (SSSR count). The highest BCUT2D eigenvalue weighted by Gasteiger charge is 2.29. The highest BCUT2D eigenvalue weighted by atomic mass is 35.5. The minimum atomic E-state index is -1.12. The molecule has 1 aliphatic carbocycles. The topological polar surface area (TPSA) is 95.9 Å². The summed E-state index contributed by atoms with van der Waals surface area (Å²) in [6, 6.07) is 22.6. The maximum absolute atomic E-state index is 12.6. The highest BCUT2D eigenvalue weighted by Crippen LogP contribution is 2.44. The van der Waals surface area contributed by atoms with E-state index in [4.69, 9.17) is 16.3 Å². The van der Waals surface area contributed by atoms with Crippen LogP contribution in [0.3, 0.4) is 0 Å². The van der Waals surface area contributed by atoms with E-state index in [0.717, 1.165) is 22.3 Å². The van der Waals surface area contributed by atoms with Gasteiger partial charge in [-0.15, -0.1) is 0 Å². The molecule has 0 atom stereocenters. The van der Waals surface area contributed by atoms with Gasteiger partial charge in [0.1, 0.15) is 13.2 Å². The van der Waals surface area contributed by atoms with Crippen LogP contribution >= 0.6 is 11.6 Å². The monoisotopic (exact) mass is 492 g/mol. The predicted octanol–water partition coefficient (Wildman–Crippen LogP) is 5.08. The standard InChI is InChI=1S/C27H25ClN2O5/c28-18-11-13-19(14-12-18)30(16-26(32)33)25(31)10-5-15-29-27(34)35-17-24-22-8-3-1-6-20(22)21-7-2-4-9-23(21)24/h1-4,6-9,11-14,24H,5,10,15-17H2,(H,29,34)(H,32,33). The number of carboxylic acid groups (broad SMARTS) is 1. The average Bonchev–Trinajstić information content (AvgIpc) is 3.18. The van der Waals surface area contributed by atoms with E-state index in [1.165, 1.54) is 4.90 Å². The van der Waals surface area contributed by atoms with Crippen molar-refractivity contribution in [2.24, 2.45) is 0 Å². The van der Waals surface area contributed by atoms with Crippen LogP contribution < -0.4 is 10.2 Å². The molecule has 0 saturated carbocycles. The van der Waals surface area contributed by atoms with Gasteiger partial charge in [-0.25, -0.2) is 4.79 Å². The molecule has 0 aliphatic heterocycles. The Kier molecular flexibility index (Phi) is 7.67. The lowest BCUT2D eigenvalue weighted by atomic mass is 9.98. The lowest BCUT2D eigenvalue weighted by Crippen LogP contribution is -2.36. The molecule has 0 spiro atoms. The second-order valence-electron chi connectivity index (χ2n) is 8.21. The molecule has 0 fully saturated rings. The maximum atomic E-state index is 12.6. The van der Waals surface area contributed by atoms with Crippen LogP contribution in [-0.4, -0.2) is 42.8 Å². The maximum Gasteiger partial charge on any atom is 0.407 e. The number of carbonyl (C=O) groups is 3. The number of amides is 2. The summed E-state index contributed by atoms with van der Waals surface area (Å²) in [7, 11) is 0. The molecule has 35 heavy (non-hydrogen) atoms. The van der Waals surface area contributed by atoms with Crippen LogP contribution in [0.5, 0.6) is 0 Å². The Morgan fingerprint density at radius 3 is 2.11 bits per heavy atom. The van der Waals surface area contributed by atoms with E-state index in [9.17, 15) is 19.5 Å². The third-order valence-corrected chi connectivity index (χ3v) is 6.17. The lowest BCUT2D eigenvalue weighted by molar-refractivity contribution is -0.136. The van der Waals surface area contributed by atoms with Crippen LogP contribution in [0.2, 0.25) is 5.02 Å². The molecule has 2 N–H and O–H groups in total. The Hall–Kier alpha value is -3.84. The van der Waals surface area contributed by atoms with Gasteiger partial charge in [0.05, 0.1) is 0 Å². The summed E-state index contributed by atoms with van der Waals surface area (Å²) in [5.41, 5.74) is 5.02. The first-order valence-electron chi connectivity index (χ1n) is 11.3. The van der Waals surface area contributed by atoms with Crippen LogP contribution in [0.1, 0.15) is 29.9 Å². The Balaban J connectivity index is 1.26. The van der Waals surface area contributed by atoms with Crippen LogP contribution in [0, 0.1) is 0 Å². The second kappa shape index (κ2) is 11.1. The molecule has 180 valence electrons. The first kappa shape index (κ1) is 24.3. The molecule has 1 aliphatic rings. The largest absolute Gasteiger partial charge is 0.480 e. The fourth-order valence-corrected chi connectivity index (χ4v) is 4.42. The third-order valence-electron chi connectivity index (χ3n) is 5.91. The Bertz CT molecular complexity index is 1180. The summed E-state index contributed by atoms with van der Waals surface area (Å²) in [6.45, 7) is -0.0219. The number of carbonyl (C=O) groups excluding carboxylic acids is 2. The number of fused-ring (bicyclic) bond motifs is 3. The zero-order chi connectivity index (χ0) is 24.8. The van der Waals surface area contributed by atoms with Crippen molar-refractivity contribution >= 4 is 35.3 Å². The zero-order valence-electron chi connectivity index (χ0n) is 18.9. The summed E-state index contributed by atoms with van der Waals surface area (Å²) in [6.07, 6.45) is -0.147. The van der Waals surface area contributed by atoms with Gasteiger partial charge in [0.2, 0.25) is 5.91 Å². The predicted molar refractivity (Wildman–Crippen MR) is 134 cm³/mol. The van der Waals surface area contributed by atoms with E-state index in [-0.39, 0.29) is 31.4 Å². The Labute approximate surface area is 208 Å². The smallest absolute Gasteiger partial charge is 0.407 e. The van der Waals surface area contributed by atoms with Crippen molar-refractivity contribution < 1.29 is 24.2 Å². The lowest BCUT2D eigenvalue weighted by Gasteiger charge is -2.21. The van der Waals surface area contributed by atoms with Gasteiger partial charge in [0.15, 0.2) is 0 Å². The quantitative estimate of drug-likeness (QED) is 0.406. The Morgan fingerprint density at radius 1 is 0.914 bits per heavy atom. The van der Waals surface area contributed by atoms with Crippen molar-refractivity contribution in [1.82, 2.24) is 5.32 Å². The van der Waals surface area contributed by atoms with Crippen molar-refractivity contribution in [3.8, 4) is 11.1 Å². The third kappa shape index (κ3) is 5.81. The van der Waals surface area contributed by atoms with Gasteiger partial charge in [-0.1, -0.05) is 60.1 Å². The normalized spacial score (nSPS) is 11.9. The summed E-state index contributed by atoms with van der Waals surface area (Å²) < 4.78 is 5.49. The van der Waals surface area contributed by atoms with Crippen LogP contribution in [0.25, 0.3) is 11.1 Å². The Morgan fingerprint density at radius 2 is 1.51 bits per heavy atom. The number of benzene rings is 3. The van der Waals surface area contributed by atoms with Gasteiger partial charge in [-0.2, -0.15) is 0 Å². The molecule has 7 nitrogen and oxygen atoms in total. The van der Waals surface area contributed by atoms with E-state index in [1.807, 2.05) is 24.3 Å². The van der Waals surface area contributed by atoms with E-state index in [1.54, 1.807) is 24.3 Å². The van der Waals surface area contributed by atoms with Gasteiger partial charge >= 0.3 is 12.1 Å². The van der Waals surface area contributed by atoms with Crippen molar-refractivity contribution in [2.45, 2.75) is 18.8 Å². The number of alkyl carbamates (subject to hydrolysis) is 1. The van der Waals surface area contributed by atoms with Crippen molar-refractivity contribution in [3.05, 3.63) is 88.9 Å². The molecule has 8 heteroatoms. The molecule has 0 radical (unpaired) electrons. The summed E-state index contributed by atoms with van der Waals surface area (Å²) >= 11 is 5.88. The molecular weight excluding hydrogens is 468 g/mol. The molecule has 0 saturated heterocycles. The van der Waals surface area contributed by atoms with Gasteiger partial charge in [0.25, 0.3) is 0 Å². The number of ether oxygens (including phenoxy) is 1. The number of rotatable bonds is 9. The van der Waals surface area contributed by atoms with Crippen molar-refractivity contribution in [2.75, 3.05) is 24.6 Å². The summed E-state index contributed by atoms with van der Waals surface area (Å²) in [5, 5.41) is 12.3.